The van der Waals surface area contributed by atoms with Gasteiger partial charge in [0.1, 0.15) is 0 Å². The number of aromatic nitrogens is 1. The van der Waals surface area contributed by atoms with Crippen molar-refractivity contribution in [1.82, 2.24) is 10.3 Å². The summed E-state index contributed by atoms with van der Waals surface area (Å²) < 4.78 is 0. The van der Waals surface area contributed by atoms with Gasteiger partial charge < -0.3 is 5.32 Å². The van der Waals surface area contributed by atoms with Gasteiger partial charge in [0.15, 0.2) is 0 Å². The zero-order valence-corrected chi connectivity index (χ0v) is 10.4. The molecule has 1 aromatic heterocycles. The van der Waals surface area contributed by atoms with Crippen LogP contribution in [0, 0.1) is 0 Å². The number of hydrogen-bond acceptors (Lipinski definition) is 2. The number of nitrogens with one attached hydrogen (secondary N) is 1. The molecule has 2 atom stereocenters. The summed E-state index contributed by atoms with van der Waals surface area (Å²) in [5, 5.41) is 3.63. The third-order valence-electron chi connectivity index (χ3n) is 3.78. The maximum absolute atomic E-state index is 4.11. The predicted molar refractivity (Wildman–Crippen MR) is 73.5 cm³/mol. The van der Waals surface area contributed by atoms with E-state index in [9.17, 15) is 0 Å². The quantitative estimate of drug-likeness (QED) is 0.889. The molecule has 18 heavy (non-hydrogen) atoms. The van der Waals surface area contributed by atoms with Crippen molar-refractivity contribution in [2.24, 2.45) is 0 Å². The van der Waals surface area contributed by atoms with Gasteiger partial charge in [0.05, 0.1) is 0 Å². The van der Waals surface area contributed by atoms with Crippen molar-refractivity contribution in [3.05, 3.63) is 66.0 Å². The predicted octanol–water partition coefficient (Wildman–Crippen LogP) is 2.77. The Hall–Kier alpha value is -1.67. The molecule has 1 fully saturated rings. The second-order valence-electron chi connectivity index (χ2n) is 4.93. The Morgan fingerprint density at radius 1 is 1.06 bits per heavy atom. The summed E-state index contributed by atoms with van der Waals surface area (Å²) >= 11 is 0. The smallest absolute Gasteiger partial charge is 0.0270 e. The minimum absolute atomic E-state index is 0.551. The first-order valence-corrected chi connectivity index (χ1v) is 6.61. The molecule has 2 heterocycles. The van der Waals surface area contributed by atoms with Crippen molar-refractivity contribution in [2.45, 2.75) is 24.8 Å². The largest absolute Gasteiger partial charge is 0.313 e. The molecule has 0 aliphatic carbocycles. The summed E-state index contributed by atoms with van der Waals surface area (Å²) in [6.45, 7) is 1.12. The van der Waals surface area contributed by atoms with Crippen LogP contribution in [0.4, 0.5) is 0 Å². The molecule has 2 unspecified atom stereocenters. The van der Waals surface area contributed by atoms with E-state index in [-0.39, 0.29) is 0 Å². The Kier molecular flexibility index (Phi) is 3.37. The SMILES string of the molecule is c1ccc(CC2NCCC2c2ccncc2)cc1. The minimum Gasteiger partial charge on any atom is -0.313 e. The van der Waals surface area contributed by atoms with E-state index in [1.807, 2.05) is 12.4 Å². The first-order valence-electron chi connectivity index (χ1n) is 6.61. The number of benzene rings is 1. The molecule has 1 saturated heterocycles. The standard InChI is InChI=1S/C16H18N2/c1-2-4-13(5-3-1)12-16-15(8-11-18-16)14-6-9-17-10-7-14/h1-7,9-10,15-16,18H,8,11-12H2. The molecule has 1 aromatic carbocycles. The second kappa shape index (κ2) is 5.32. The van der Waals surface area contributed by atoms with E-state index in [0.717, 1.165) is 13.0 Å². The van der Waals surface area contributed by atoms with Crippen molar-refractivity contribution < 1.29 is 0 Å². The van der Waals surface area contributed by atoms with E-state index in [1.165, 1.54) is 17.5 Å². The van der Waals surface area contributed by atoms with Gasteiger partial charge in [0.25, 0.3) is 0 Å². The molecular formula is C16H18N2. The topological polar surface area (TPSA) is 24.9 Å². The molecule has 0 radical (unpaired) electrons. The van der Waals surface area contributed by atoms with E-state index in [1.54, 1.807) is 0 Å². The summed E-state index contributed by atoms with van der Waals surface area (Å²) in [7, 11) is 0. The van der Waals surface area contributed by atoms with Crippen molar-refractivity contribution in [3.63, 3.8) is 0 Å². The van der Waals surface area contributed by atoms with Crippen molar-refractivity contribution >= 4 is 0 Å². The van der Waals surface area contributed by atoms with E-state index in [4.69, 9.17) is 0 Å². The molecule has 3 rings (SSSR count). The summed E-state index contributed by atoms with van der Waals surface area (Å²) in [6.07, 6.45) is 6.12. The minimum atomic E-state index is 0.551. The van der Waals surface area contributed by atoms with Gasteiger partial charge in [-0.3, -0.25) is 4.98 Å². The van der Waals surface area contributed by atoms with Crippen molar-refractivity contribution in [1.29, 1.82) is 0 Å². The van der Waals surface area contributed by atoms with Crippen molar-refractivity contribution in [2.75, 3.05) is 6.54 Å². The van der Waals surface area contributed by atoms with Crippen molar-refractivity contribution in [3.8, 4) is 0 Å². The molecule has 1 aliphatic rings. The van der Waals surface area contributed by atoms with Crippen LogP contribution in [0.5, 0.6) is 0 Å². The molecule has 2 nitrogen and oxygen atoms in total. The van der Waals surface area contributed by atoms with Gasteiger partial charge in [-0.15, -0.1) is 0 Å². The highest BCUT2D eigenvalue weighted by molar-refractivity contribution is 5.23. The molecule has 0 bridgehead atoms. The lowest BCUT2D eigenvalue weighted by atomic mass is 9.89. The van der Waals surface area contributed by atoms with Gasteiger partial charge in [0.2, 0.25) is 0 Å². The Balaban J connectivity index is 1.76. The fourth-order valence-corrected chi connectivity index (χ4v) is 2.86. The number of pyridine rings is 1. The van der Waals surface area contributed by atoms with Gasteiger partial charge >= 0.3 is 0 Å². The Labute approximate surface area is 108 Å². The summed E-state index contributed by atoms with van der Waals surface area (Å²) in [5.41, 5.74) is 2.83. The van der Waals surface area contributed by atoms with E-state index in [2.05, 4.69) is 52.8 Å². The van der Waals surface area contributed by atoms with Crippen LogP contribution in [0.2, 0.25) is 0 Å². The van der Waals surface area contributed by atoms with Crippen LogP contribution in [0.1, 0.15) is 23.5 Å². The van der Waals surface area contributed by atoms with Gasteiger partial charge in [-0.25, -0.2) is 0 Å². The third kappa shape index (κ3) is 2.44. The molecule has 0 saturated carbocycles. The molecular weight excluding hydrogens is 220 g/mol. The Morgan fingerprint density at radius 3 is 2.61 bits per heavy atom. The Bertz CT molecular complexity index is 481. The number of rotatable bonds is 3. The van der Waals surface area contributed by atoms with Gasteiger partial charge in [0, 0.05) is 24.4 Å². The monoisotopic (exact) mass is 238 g/mol. The van der Waals surface area contributed by atoms with Gasteiger partial charge in [-0.1, -0.05) is 30.3 Å². The van der Waals surface area contributed by atoms with Gasteiger partial charge in [-0.2, -0.15) is 0 Å². The summed E-state index contributed by atoms with van der Waals surface area (Å²) in [6, 6.07) is 15.6. The third-order valence-corrected chi connectivity index (χ3v) is 3.78. The summed E-state index contributed by atoms with van der Waals surface area (Å²) in [5.74, 6) is 0.619. The lowest BCUT2D eigenvalue weighted by Crippen LogP contribution is -2.28. The normalized spacial score (nSPS) is 23.1. The zero-order chi connectivity index (χ0) is 12.2. The van der Waals surface area contributed by atoms with E-state index < -0.39 is 0 Å². The molecule has 2 heteroatoms. The van der Waals surface area contributed by atoms with Crippen LogP contribution in [-0.4, -0.2) is 17.6 Å². The van der Waals surface area contributed by atoms with Crippen LogP contribution in [0.25, 0.3) is 0 Å². The molecule has 1 N–H and O–H groups in total. The van der Waals surface area contributed by atoms with E-state index in [0.29, 0.717) is 12.0 Å². The molecule has 1 aliphatic heterocycles. The second-order valence-corrected chi connectivity index (χ2v) is 4.93. The first kappa shape index (κ1) is 11.4. The maximum atomic E-state index is 4.11. The first-order chi connectivity index (χ1) is 8.93. The highest BCUT2D eigenvalue weighted by Crippen LogP contribution is 2.29. The fraction of sp³-hybridized carbons (Fsp3) is 0.312. The van der Waals surface area contributed by atoms with Gasteiger partial charge in [-0.05, 0) is 42.6 Å². The fourth-order valence-electron chi connectivity index (χ4n) is 2.86. The average Bonchev–Trinajstić information content (AvgIpc) is 2.89. The van der Waals surface area contributed by atoms with Crippen LogP contribution in [0.15, 0.2) is 54.9 Å². The molecule has 0 spiro atoms. The zero-order valence-electron chi connectivity index (χ0n) is 10.4. The summed E-state index contributed by atoms with van der Waals surface area (Å²) in [4.78, 5) is 4.11. The average molecular weight is 238 g/mol. The molecule has 2 aromatic rings. The number of hydrogen-bond donors (Lipinski definition) is 1. The Morgan fingerprint density at radius 2 is 1.83 bits per heavy atom. The van der Waals surface area contributed by atoms with E-state index >= 15 is 0 Å². The molecule has 0 amide bonds. The molecule has 92 valence electrons. The van der Waals surface area contributed by atoms with Crippen LogP contribution >= 0.6 is 0 Å². The van der Waals surface area contributed by atoms with Crippen LogP contribution < -0.4 is 5.32 Å². The highest BCUT2D eigenvalue weighted by Gasteiger charge is 2.27. The van der Waals surface area contributed by atoms with Crippen LogP contribution in [0.3, 0.4) is 0 Å². The maximum Gasteiger partial charge on any atom is 0.0270 e. The lowest BCUT2D eigenvalue weighted by molar-refractivity contribution is 0.544. The number of nitrogens with zero attached hydrogens (tertiary/aromatic N) is 1. The lowest BCUT2D eigenvalue weighted by Gasteiger charge is -2.20. The highest BCUT2D eigenvalue weighted by atomic mass is 14.9. The van der Waals surface area contributed by atoms with Crippen LogP contribution in [-0.2, 0) is 6.42 Å².